The first-order valence-electron chi connectivity index (χ1n) is 6.69. The number of halogens is 1. The maximum absolute atomic E-state index is 13.7. The number of benzene rings is 2. The number of rotatable bonds is 3. The molecule has 0 saturated carbocycles. The van der Waals surface area contributed by atoms with E-state index in [1.807, 2.05) is 12.1 Å². The molecule has 0 unspecified atom stereocenters. The Labute approximate surface area is 117 Å². The molecule has 0 heterocycles. The molecule has 0 spiro atoms. The second-order valence-electron chi connectivity index (χ2n) is 5.00. The van der Waals surface area contributed by atoms with Crippen LogP contribution in [-0.2, 0) is 19.4 Å². The van der Waals surface area contributed by atoms with Crippen LogP contribution in [0.2, 0.25) is 0 Å². The predicted octanol–water partition coefficient (Wildman–Crippen LogP) is 3.77. The summed E-state index contributed by atoms with van der Waals surface area (Å²) >= 11 is 0. The second-order valence-corrected chi connectivity index (χ2v) is 5.00. The fraction of sp³-hybridized carbons (Fsp3) is 0.235. The van der Waals surface area contributed by atoms with Gasteiger partial charge in [-0.2, -0.15) is 5.26 Å². The summed E-state index contributed by atoms with van der Waals surface area (Å²) in [6.45, 7) is 0.343. The molecule has 0 radical (unpaired) electrons. The van der Waals surface area contributed by atoms with E-state index in [1.54, 1.807) is 6.07 Å². The number of aryl methyl sites for hydroxylation is 2. The van der Waals surface area contributed by atoms with Crippen molar-refractivity contribution in [3.05, 3.63) is 64.5 Å². The van der Waals surface area contributed by atoms with Crippen LogP contribution in [0.4, 0.5) is 4.39 Å². The fourth-order valence-corrected chi connectivity index (χ4v) is 2.56. The third-order valence-electron chi connectivity index (χ3n) is 3.62. The van der Waals surface area contributed by atoms with Gasteiger partial charge < -0.3 is 4.74 Å². The van der Waals surface area contributed by atoms with Crippen LogP contribution in [0.1, 0.15) is 28.7 Å². The number of hydrogen-bond donors (Lipinski definition) is 0. The van der Waals surface area contributed by atoms with Crippen LogP contribution in [0, 0.1) is 17.1 Å². The second kappa shape index (κ2) is 5.34. The predicted molar refractivity (Wildman–Crippen MR) is 73.9 cm³/mol. The van der Waals surface area contributed by atoms with Crippen molar-refractivity contribution in [2.24, 2.45) is 0 Å². The Morgan fingerprint density at radius 1 is 1.10 bits per heavy atom. The van der Waals surface area contributed by atoms with Gasteiger partial charge in [0.25, 0.3) is 0 Å². The Morgan fingerprint density at radius 3 is 2.75 bits per heavy atom. The average Bonchev–Trinajstić information content (AvgIpc) is 2.93. The van der Waals surface area contributed by atoms with Crippen LogP contribution < -0.4 is 4.74 Å². The normalized spacial score (nSPS) is 12.8. The van der Waals surface area contributed by atoms with Gasteiger partial charge in [0.2, 0.25) is 0 Å². The van der Waals surface area contributed by atoms with E-state index in [0.717, 1.165) is 18.4 Å². The zero-order valence-corrected chi connectivity index (χ0v) is 11.0. The number of ether oxygens (including phenoxy) is 1. The van der Waals surface area contributed by atoms with E-state index in [9.17, 15) is 4.39 Å². The Kier molecular flexibility index (Phi) is 3.39. The van der Waals surface area contributed by atoms with Gasteiger partial charge in [-0.1, -0.05) is 18.2 Å². The van der Waals surface area contributed by atoms with E-state index in [0.29, 0.717) is 12.2 Å². The fourth-order valence-electron chi connectivity index (χ4n) is 2.56. The highest BCUT2D eigenvalue weighted by molar-refractivity contribution is 5.37. The molecule has 0 atom stereocenters. The number of nitriles is 1. The van der Waals surface area contributed by atoms with Crippen LogP contribution in [-0.4, -0.2) is 0 Å². The molecule has 20 heavy (non-hydrogen) atoms. The van der Waals surface area contributed by atoms with Gasteiger partial charge in [0.15, 0.2) is 11.6 Å². The smallest absolute Gasteiger partial charge is 0.166 e. The lowest BCUT2D eigenvalue weighted by Gasteiger charge is -2.09. The van der Waals surface area contributed by atoms with Gasteiger partial charge in [-0.15, -0.1) is 0 Å². The van der Waals surface area contributed by atoms with Gasteiger partial charge in [0, 0.05) is 0 Å². The summed E-state index contributed by atoms with van der Waals surface area (Å²) in [5.74, 6) is -0.310. The van der Waals surface area contributed by atoms with Crippen LogP contribution in [0.15, 0.2) is 36.4 Å². The van der Waals surface area contributed by atoms with Crippen LogP contribution in [0.5, 0.6) is 5.75 Å². The zero-order chi connectivity index (χ0) is 13.9. The van der Waals surface area contributed by atoms with Crippen molar-refractivity contribution in [2.75, 3.05) is 0 Å². The van der Waals surface area contributed by atoms with Crippen molar-refractivity contribution < 1.29 is 9.13 Å². The summed E-state index contributed by atoms with van der Waals surface area (Å²) in [7, 11) is 0. The van der Waals surface area contributed by atoms with E-state index < -0.39 is 5.82 Å². The minimum Gasteiger partial charge on any atom is -0.486 e. The average molecular weight is 267 g/mol. The first-order valence-corrected chi connectivity index (χ1v) is 6.69. The quantitative estimate of drug-likeness (QED) is 0.848. The van der Waals surface area contributed by atoms with Gasteiger partial charge in [-0.05, 0) is 54.2 Å². The molecule has 0 fully saturated rings. The van der Waals surface area contributed by atoms with E-state index in [4.69, 9.17) is 10.00 Å². The molecular weight excluding hydrogens is 253 g/mol. The summed E-state index contributed by atoms with van der Waals surface area (Å²) < 4.78 is 19.2. The molecular formula is C17H14FNO. The molecule has 2 aromatic carbocycles. The standard InChI is InChI=1S/C17H14FNO/c18-16-9-12(10-19)5-7-17(16)20-11-13-4-6-14-2-1-3-15(14)8-13/h4-9H,1-3,11H2. The minimum atomic E-state index is -0.495. The molecule has 100 valence electrons. The van der Waals surface area contributed by atoms with Gasteiger partial charge >= 0.3 is 0 Å². The largest absolute Gasteiger partial charge is 0.486 e. The monoisotopic (exact) mass is 267 g/mol. The molecule has 0 saturated heterocycles. The molecule has 2 aromatic rings. The maximum atomic E-state index is 13.7. The molecule has 0 N–H and O–H groups in total. The molecule has 3 heteroatoms. The molecule has 0 bridgehead atoms. The summed E-state index contributed by atoms with van der Waals surface area (Å²) in [5.41, 5.74) is 4.14. The highest BCUT2D eigenvalue weighted by Crippen LogP contribution is 2.24. The molecule has 1 aliphatic carbocycles. The molecule has 3 rings (SSSR count). The van der Waals surface area contributed by atoms with Gasteiger partial charge in [0.05, 0.1) is 11.6 Å². The van der Waals surface area contributed by atoms with Crippen molar-refractivity contribution in [2.45, 2.75) is 25.9 Å². The molecule has 1 aliphatic rings. The van der Waals surface area contributed by atoms with E-state index in [-0.39, 0.29) is 5.75 Å². The molecule has 0 aliphatic heterocycles. The first kappa shape index (κ1) is 12.7. The highest BCUT2D eigenvalue weighted by atomic mass is 19.1. The number of hydrogen-bond acceptors (Lipinski definition) is 2. The molecule has 0 amide bonds. The lowest BCUT2D eigenvalue weighted by Crippen LogP contribution is -1.99. The zero-order valence-electron chi connectivity index (χ0n) is 11.0. The summed E-state index contributed by atoms with van der Waals surface area (Å²) in [4.78, 5) is 0. The lowest BCUT2D eigenvalue weighted by atomic mass is 10.1. The third-order valence-corrected chi connectivity index (χ3v) is 3.62. The third kappa shape index (κ3) is 2.50. The number of fused-ring (bicyclic) bond motifs is 1. The lowest BCUT2D eigenvalue weighted by molar-refractivity contribution is 0.290. The van der Waals surface area contributed by atoms with Gasteiger partial charge in [-0.3, -0.25) is 0 Å². The first-order chi connectivity index (χ1) is 9.76. The van der Waals surface area contributed by atoms with Gasteiger partial charge in [-0.25, -0.2) is 4.39 Å². The van der Waals surface area contributed by atoms with Crippen molar-refractivity contribution in [3.8, 4) is 11.8 Å². The summed E-state index contributed by atoms with van der Waals surface area (Å²) in [6.07, 6.45) is 3.49. The van der Waals surface area contributed by atoms with Crippen molar-refractivity contribution >= 4 is 0 Å². The van der Waals surface area contributed by atoms with Crippen LogP contribution in [0.25, 0.3) is 0 Å². The Bertz CT molecular complexity index is 688. The SMILES string of the molecule is N#Cc1ccc(OCc2ccc3c(c2)CCC3)c(F)c1. The summed E-state index contributed by atoms with van der Waals surface area (Å²) in [5, 5.41) is 8.69. The number of nitrogens with zero attached hydrogens (tertiary/aromatic N) is 1. The van der Waals surface area contributed by atoms with Crippen LogP contribution >= 0.6 is 0 Å². The molecule has 0 aromatic heterocycles. The van der Waals surface area contributed by atoms with Gasteiger partial charge in [0.1, 0.15) is 6.61 Å². The van der Waals surface area contributed by atoms with Crippen LogP contribution in [0.3, 0.4) is 0 Å². The Morgan fingerprint density at radius 2 is 1.95 bits per heavy atom. The Balaban J connectivity index is 1.72. The maximum Gasteiger partial charge on any atom is 0.166 e. The van der Waals surface area contributed by atoms with E-state index in [1.165, 1.54) is 29.7 Å². The minimum absolute atomic E-state index is 0.185. The van der Waals surface area contributed by atoms with E-state index in [2.05, 4.69) is 12.1 Å². The van der Waals surface area contributed by atoms with Crippen molar-refractivity contribution in [1.82, 2.24) is 0 Å². The highest BCUT2D eigenvalue weighted by Gasteiger charge is 2.11. The Hall–Kier alpha value is -2.34. The van der Waals surface area contributed by atoms with Crippen molar-refractivity contribution in [1.29, 1.82) is 5.26 Å². The molecule has 2 nitrogen and oxygen atoms in total. The van der Waals surface area contributed by atoms with Crippen molar-refractivity contribution in [3.63, 3.8) is 0 Å². The van der Waals surface area contributed by atoms with E-state index >= 15 is 0 Å². The topological polar surface area (TPSA) is 33.0 Å². The summed E-state index contributed by atoms with van der Waals surface area (Å²) in [6, 6.07) is 12.5.